The average molecular weight is 171 g/mol. The highest BCUT2D eigenvalue weighted by atomic mass is 32.1. The molecule has 1 heterocycles. The second-order valence-electron chi connectivity index (χ2n) is 2.06. The van der Waals surface area contributed by atoms with Crippen LogP contribution in [-0.4, -0.2) is 11.1 Å². The Kier molecular flexibility index (Phi) is 2.62. The van der Waals surface area contributed by atoms with Gasteiger partial charge in [-0.2, -0.15) is 0 Å². The van der Waals surface area contributed by atoms with Crippen molar-refractivity contribution in [2.24, 2.45) is 0 Å². The highest BCUT2D eigenvalue weighted by Crippen LogP contribution is 2.16. The predicted octanol–water partition coefficient (Wildman–Crippen LogP) is 1.43. The van der Waals surface area contributed by atoms with Crippen LogP contribution in [0.15, 0.2) is 12.1 Å². The minimum absolute atomic E-state index is 0.435. The van der Waals surface area contributed by atoms with E-state index in [1.54, 1.807) is 11.5 Å². The number of aryl methyl sites for hydroxylation is 1. The molecule has 11 heavy (non-hydrogen) atoms. The highest BCUT2D eigenvalue weighted by Gasteiger charge is 2.05. The number of nitrogens with one attached hydrogen (secondary N) is 1. The van der Waals surface area contributed by atoms with E-state index in [9.17, 15) is 4.79 Å². The molecule has 0 fully saturated rings. The van der Waals surface area contributed by atoms with E-state index in [1.165, 1.54) is 11.3 Å². The van der Waals surface area contributed by atoms with Gasteiger partial charge in [0.05, 0.1) is 4.88 Å². The summed E-state index contributed by atoms with van der Waals surface area (Å²) < 4.78 is 0. The monoisotopic (exact) mass is 171 g/mol. The molecule has 0 aliphatic carbocycles. The summed E-state index contributed by atoms with van der Waals surface area (Å²) in [6.07, 6.45) is 0.920. The summed E-state index contributed by atoms with van der Waals surface area (Å²) in [5, 5.41) is 8.28. The fourth-order valence-corrected chi connectivity index (χ4v) is 1.58. The molecule has 1 rings (SSSR count). The molecule has 0 radical (unpaired) electrons. The van der Waals surface area contributed by atoms with Crippen molar-refractivity contribution in [3.63, 3.8) is 0 Å². The van der Waals surface area contributed by atoms with Crippen LogP contribution in [0.2, 0.25) is 0 Å². The van der Waals surface area contributed by atoms with Crippen molar-refractivity contribution >= 4 is 17.2 Å². The van der Waals surface area contributed by atoms with Gasteiger partial charge >= 0.3 is 0 Å². The Morgan fingerprint density at radius 1 is 1.73 bits per heavy atom. The number of hydrogen-bond donors (Lipinski definition) is 2. The first-order valence-corrected chi connectivity index (χ1v) is 4.12. The maximum Gasteiger partial charge on any atom is 0.284 e. The fourth-order valence-electron chi connectivity index (χ4n) is 0.745. The Morgan fingerprint density at radius 2 is 2.45 bits per heavy atom. The topological polar surface area (TPSA) is 49.3 Å². The molecule has 0 saturated carbocycles. The van der Waals surface area contributed by atoms with Crippen molar-refractivity contribution in [3.05, 3.63) is 21.9 Å². The quantitative estimate of drug-likeness (QED) is 0.522. The van der Waals surface area contributed by atoms with Crippen molar-refractivity contribution < 1.29 is 10.0 Å². The summed E-state index contributed by atoms with van der Waals surface area (Å²) in [5.41, 5.74) is 1.59. The molecule has 0 unspecified atom stereocenters. The fraction of sp³-hybridized carbons (Fsp3) is 0.286. The number of thiophene rings is 1. The van der Waals surface area contributed by atoms with Crippen LogP contribution in [0.3, 0.4) is 0 Å². The van der Waals surface area contributed by atoms with Gasteiger partial charge < -0.3 is 0 Å². The Hall–Kier alpha value is -0.870. The van der Waals surface area contributed by atoms with Gasteiger partial charge in [0.2, 0.25) is 0 Å². The Balaban J connectivity index is 2.80. The lowest BCUT2D eigenvalue weighted by Gasteiger charge is -1.90. The molecule has 4 heteroatoms. The number of amides is 1. The molecule has 0 atom stereocenters. The Morgan fingerprint density at radius 3 is 2.91 bits per heavy atom. The van der Waals surface area contributed by atoms with Crippen molar-refractivity contribution in [1.82, 2.24) is 5.48 Å². The van der Waals surface area contributed by atoms with E-state index in [1.807, 2.05) is 13.0 Å². The van der Waals surface area contributed by atoms with Gasteiger partial charge in [-0.15, -0.1) is 11.3 Å². The van der Waals surface area contributed by atoms with Crippen LogP contribution >= 0.6 is 11.3 Å². The molecule has 0 aliphatic rings. The van der Waals surface area contributed by atoms with Gasteiger partial charge in [0.25, 0.3) is 5.91 Å². The zero-order chi connectivity index (χ0) is 8.27. The molecular weight excluding hydrogens is 162 g/mol. The molecule has 0 aliphatic heterocycles. The standard InChI is InChI=1S/C7H9NO2S/c1-2-5-3-4-6(11-5)7(9)8-10/h3-4,10H,2H2,1H3,(H,8,9). The van der Waals surface area contributed by atoms with Gasteiger partial charge in [-0.3, -0.25) is 10.0 Å². The molecular formula is C7H9NO2S. The second-order valence-corrected chi connectivity index (χ2v) is 3.23. The molecule has 1 aromatic heterocycles. The first kappa shape index (κ1) is 8.23. The molecule has 60 valence electrons. The average Bonchev–Trinajstić information content (AvgIpc) is 2.50. The van der Waals surface area contributed by atoms with Crippen molar-refractivity contribution in [3.8, 4) is 0 Å². The van der Waals surface area contributed by atoms with Gasteiger partial charge in [-0.1, -0.05) is 6.92 Å². The lowest BCUT2D eigenvalue weighted by atomic mass is 10.3. The minimum Gasteiger partial charge on any atom is -0.288 e. The van der Waals surface area contributed by atoms with E-state index >= 15 is 0 Å². The summed E-state index contributed by atoms with van der Waals surface area (Å²) in [6.45, 7) is 2.02. The highest BCUT2D eigenvalue weighted by molar-refractivity contribution is 7.14. The van der Waals surface area contributed by atoms with Crippen LogP contribution in [0.25, 0.3) is 0 Å². The molecule has 0 aromatic carbocycles. The Labute approximate surface area is 68.6 Å². The lowest BCUT2D eigenvalue weighted by molar-refractivity contribution is 0.0711. The third-order valence-electron chi connectivity index (χ3n) is 1.34. The van der Waals surface area contributed by atoms with Crippen molar-refractivity contribution in [2.45, 2.75) is 13.3 Å². The molecule has 0 spiro atoms. The Bertz CT molecular complexity index is 257. The van der Waals surface area contributed by atoms with Gasteiger partial charge in [-0.25, -0.2) is 5.48 Å². The van der Waals surface area contributed by atoms with Gasteiger partial charge in [0, 0.05) is 4.88 Å². The van der Waals surface area contributed by atoms with Gasteiger partial charge in [0.1, 0.15) is 0 Å². The van der Waals surface area contributed by atoms with Crippen molar-refractivity contribution in [2.75, 3.05) is 0 Å². The molecule has 0 saturated heterocycles. The van der Waals surface area contributed by atoms with E-state index in [4.69, 9.17) is 5.21 Å². The van der Waals surface area contributed by atoms with Crippen LogP contribution < -0.4 is 5.48 Å². The maximum absolute atomic E-state index is 10.8. The van der Waals surface area contributed by atoms with Crippen molar-refractivity contribution in [1.29, 1.82) is 0 Å². The summed E-state index contributed by atoms with van der Waals surface area (Å²) >= 11 is 1.39. The summed E-state index contributed by atoms with van der Waals surface area (Å²) in [4.78, 5) is 12.5. The summed E-state index contributed by atoms with van der Waals surface area (Å²) in [6, 6.07) is 3.59. The van der Waals surface area contributed by atoms with Gasteiger partial charge in [-0.05, 0) is 18.6 Å². The van der Waals surface area contributed by atoms with Crippen LogP contribution in [0.1, 0.15) is 21.5 Å². The number of hydrogen-bond acceptors (Lipinski definition) is 3. The minimum atomic E-state index is -0.435. The largest absolute Gasteiger partial charge is 0.288 e. The third kappa shape index (κ3) is 1.78. The molecule has 1 aromatic rings. The predicted molar refractivity (Wildman–Crippen MR) is 42.9 cm³/mol. The van der Waals surface area contributed by atoms with Crippen LogP contribution in [0.4, 0.5) is 0 Å². The van der Waals surface area contributed by atoms with E-state index in [2.05, 4.69) is 0 Å². The van der Waals surface area contributed by atoms with E-state index < -0.39 is 5.91 Å². The van der Waals surface area contributed by atoms with Crippen LogP contribution in [0, 0.1) is 0 Å². The number of carbonyl (C=O) groups excluding carboxylic acids is 1. The zero-order valence-corrected chi connectivity index (χ0v) is 6.94. The maximum atomic E-state index is 10.8. The van der Waals surface area contributed by atoms with E-state index in [-0.39, 0.29) is 0 Å². The molecule has 2 N–H and O–H groups in total. The first-order valence-electron chi connectivity index (χ1n) is 3.31. The normalized spacial score (nSPS) is 9.64. The van der Waals surface area contributed by atoms with Crippen LogP contribution in [-0.2, 0) is 6.42 Å². The first-order chi connectivity index (χ1) is 5.27. The number of hydroxylamine groups is 1. The van der Waals surface area contributed by atoms with E-state index in [0.29, 0.717) is 4.88 Å². The van der Waals surface area contributed by atoms with E-state index in [0.717, 1.165) is 11.3 Å². The summed E-state index contributed by atoms with van der Waals surface area (Å²) in [5.74, 6) is -0.435. The second kappa shape index (κ2) is 3.50. The smallest absolute Gasteiger partial charge is 0.284 e. The molecule has 1 amide bonds. The van der Waals surface area contributed by atoms with Gasteiger partial charge in [0.15, 0.2) is 0 Å². The van der Waals surface area contributed by atoms with Crippen LogP contribution in [0.5, 0.6) is 0 Å². The molecule has 3 nitrogen and oxygen atoms in total. The molecule has 0 bridgehead atoms. The summed E-state index contributed by atoms with van der Waals surface area (Å²) in [7, 11) is 0. The SMILES string of the molecule is CCc1ccc(C(=O)NO)s1. The number of rotatable bonds is 2. The number of carbonyl (C=O) groups is 1. The lowest BCUT2D eigenvalue weighted by Crippen LogP contribution is -2.16. The zero-order valence-electron chi connectivity index (χ0n) is 6.13. The third-order valence-corrected chi connectivity index (χ3v) is 2.56.